The Labute approximate surface area is 222 Å². The molecule has 0 amide bonds. The fourth-order valence-electron chi connectivity index (χ4n) is 3.97. The van der Waals surface area contributed by atoms with Gasteiger partial charge in [-0.2, -0.15) is 0 Å². The molecular formula is C28H37NO9. The summed E-state index contributed by atoms with van der Waals surface area (Å²) in [5.41, 5.74) is -0.0208. The molecule has 3 atom stereocenters. The first-order valence-electron chi connectivity index (χ1n) is 12.8. The van der Waals surface area contributed by atoms with Crippen molar-refractivity contribution in [3.05, 3.63) is 47.9 Å². The molecule has 0 aliphatic carbocycles. The molecule has 1 heterocycles. The Hall–Kier alpha value is -3.66. The fourth-order valence-corrected chi connectivity index (χ4v) is 3.97. The van der Waals surface area contributed by atoms with Gasteiger partial charge in [-0.25, -0.2) is 0 Å². The van der Waals surface area contributed by atoms with Crippen molar-refractivity contribution in [2.24, 2.45) is 0 Å². The van der Waals surface area contributed by atoms with Gasteiger partial charge < -0.3 is 29.0 Å². The maximum atomic E-state index is 13.0. The van der Waals surface area contributed by atoms with E-state index in [1.807, 2.05) is 30.5 Å². The molecule has 2 aromatic rings. The van der Waals surface area contributed by atoms with Crippen LogP contribution in [0, 0.1) is 0 Å². The minimum absolute atomic E-state index is 0.00426. The average Bonchev–Trinajstić information content (AvgIpc) is 3.34. The summed E-state index contributed by atoms with van der Waals surface area (Å²) >= 11 is 0. The van der Waals surface area contributed by atoms with Gasteiger partial charge in [0.2, 0.25) is 5.60 Å². The number of nitrogens with one attached hydrogen (secondary N) is 1. The molecule has 1 aromatic heterocycles. The van der Waals surface area contributed by atoms with Gasteiger partial charge in [0.1, 0.15) is 0 Å². The van der Waals surface area contributed by atoms with Gasteiger partial charge in [-0.1, -0.05) is 39.0 Å². The lowest BCUT2D eigenvalue weighted by atomic mass is 9.91. The molecule has 1 aromatic carbocycles. The van der Waals surface area contributed by atoms with E-state index < -0.39 is 48.3 Å². The highest BCUT2D eigenvalue weighted by molar-refractivity contribution is 5.83. The van der Waals surface area contributed by atoms with Crippen molar-refractivity contribution >= 4 is 34.8 Å². The van der Waals surface area contributed by atoms with Gasteiger partial charge in [-0.15, -0.1) is 0 Å². The molecule has 0 fully saturated rings. The number of fused-ring (bicyclic) bond motifs is 1. The molecule has 0 saturated heterocycles. The van der Waals surface area contributed by atoms with Crippen molar-refractivity contribution in [3.8, 4) is 0 Å². The second-order valence-corrected chi connectivity index (χ2v) is 8.75. The molecule has 0 saturated carbocycles. The smallest absolute Gasteiger partial charge is 0.311 e. The second-order valence-electron chi connectivity index (χ2n) is 8.75. The largest absolute Gasteiger partial charge is 0.456 e. The maximum absolute atomic E-state index is 13.0. The van der Waals surface area contributed by atoms with E-state index >= 15 is 0 Å². The minimum Gasteiger partial charge on any atom is -0.456 e. The van der Waals surface area contributed by atoms with Crippen LogP contribution in [0.15, 0.2) is 42.3 Å². The number of aliphatic hydroxyl groups excluding tert-OH is 1. The fraction of sp³-hybridized carbons (Fsp3) is 0.500. The number of aromatic nitrogens is 1. The minimum atomic E-state index is -1.90. The highest BCUT2D eigenvalue weighted by Gasteiger charge is 2.51. The van der Waals surface area contributed by atoms with Gasteiger partial charge in [-0.05, 0) is 38.0 Å². The van der Waals surface area contributed by atoms with Crippen molar-refractivity contribution in [2.75, 3.05) is 6.61 Å². The summed E-state index contributed by atoms with van der Waals surface area (Å²) in [7, 11) is 0. The Morgan fingerprint density at radius 2 is 1.61 bits per heavy atom. The normalized spacial score (nSPS) is 14.7. The molecule has 38 heavy (non-hydrogen) atoms. The number of aryl methyl sites for hydroxylation is 1. The van der Waals surface area contributed by atoms with E-state index in [0.717, 1.165) is 16.5 Å². The number of carbonyl (C=O) groups excluding carboxylic acids is 4. The Kier molecular flexibility index (Phi) is 11.5. The molecule has 0 radical (unpaired) electrons. The second kappa shape index (κ2) is 14.3. The monoisotopic (exact) mass is 531 g/mol. The first-order valence-corrected chi connectivity index (χ1v) is 12.8. The van der Waals surface area contributed by atoms with E-state index in [-0.39, 0.29) is 31.4 Å². The van der Waals surface area contributed by atoms with Crippen LogP contribution in [0.5, 0.6) is 0 Å². The number of esters is 4. The molecule has 10 heteroatoms. The van der Waals surface area contributed by atoms with E-state index in [1.54, 1.807) is 27.7 Å². The number of carbonyl (C=O) groups is 4. The zero-order valence-corrected chi connectivity index (χ0v) is 22.6. The van der Waals surface area contributed by atoms with Gasteiger partial charge >= 0.3 is 23.9 Å². The maximum Gasteiger partial charge on any atom is 0.311 e. The molecule has 10 nitrogen and oxygen atoms in total. The van der Waals surface area contributed by atoms with Crippen LogP contribution in [-0.4, -0.2) is 58.4 Å². The summed E-state index contributed by atoms with van der Waals surface area (Å²) in [6, 6.07) is 7.70. The highest BCUT2D eigenvalue weighted by atomic mass is 16.6. The van der Waals surface area contributed by atoms with Crippen LogP contribution in [0.2, 0.25) is 0 Å². The Morgan fingerprint density at radius 1 is 0.974 bits per heavy atom. The first kappa shape index (κ1) is 30.6. The molecule has 2 N–H and O–H groups in total. The standard InChI is InChI=1S/C28H37NO9/c1-6-22(36-26(34)15-14-18-16-29-20-13-11-10-12-19(18)20)28(5,38-25(33)9-4)27(37-24(32)8-3)21(17-30)35-23(31)7-2/h6,10-13,16,21,27,29-30H,7-9,14-15,17H2,1-5H3/b22-6-/t21-,27+,28?/m1/s1. The van der Waals surface area contributed by atoms with Gasteiger partial charge in [0.25, 0.3) is 0 Å². The number of aromatic amines is 1. The summed E-state index contributed by atoms with van der Waals surface area (Å²) in [5, 5.41) is 11.0. The molecule has 0 aliphatic heterocycles. The lowest BCUT2D eigenvalue weighted by Crippen LogP contribution is -2.56. The van der Waals surface area contributed by atoms with Crippen molar-refractivity contribution in [1.82, 2.24) is 4.98 Å². The zero-order valence-electron chi connectivity index (χ0n) is 22.6. The predicted octanol–water partition coefficient (Wildman–Crippen LogP) is 3.90. The number of H-pyrrole nitrogens is 1. The average molecular weight is 532 g/mol. The van der Waals surface area contributed by atoms with E-state index in [1.165, 1.54) is 13.0 Å². The predicted molar refractivity (Wildman–Crippen MR) is 139 cm³/mol. The van der Waals surface area contributed by atoms with E-state index in [0.29, 0.717) is 6.42 Å². The van der Waals surface area contributed by atoms with Crippen LogP contribution in [0.4, 0.5) is 0 Å². The number of benzene rings is 1. The number of aliphatic hydroxyl groups is 1. The number of allylic oxidation sites excluding steroid dienone is 1. The Balaban J connectivity index is 2.37. The molecule has 0 spiro atoms. The van der Waals surface area contributed by atoms with Crippen LogP contribution in [0.25, 0.3) is 10.9 Å². The number of para-hydroxylation sites is 1. The third kappa shape index (κ3) is 7.67. The van der Waals surface area contributed by atoms with Gasteiger partial charge in [0, 0.05) is 36.4 Å². The third-order valence-corrected chi connectivity index (χ3v) is 6.04. The molecule has 2 rings (SSSR count). The Bertz CT molecular complexity index is 1150. The van der Waals surface area contributed by atoms with Crippen LogP contribution in [-0.2, 0) is 44.5 Å². The molecule has 0 bridgehead atoms. The van der Waals surface area contributed by atoms with Crippen molar-refractivity contribution in [1.29, 1.82) is 0 Å². The topological polar surface area (TPSA) is 141 Å². The van der Waals surface area contributed by atoms with Crippen molar-refractivity contribution in [2.45, 2.75) is 84.5 Å². The van der Waals surface area contributed by atoms with E-state index in [2.05, 4.69) is 4.98 Å². The summed E-state index contributed by atoms with van der Waals surface area (Å²) in [6.07, 6.45) is 0.655. The lowest BCUT2D eigenvalue weighted by molar-refractivity contribution is -0.205. The van der Waals surface area contributed by atoms with Crippen molar-refractivity contribution in [3.63, 3.8) is 0 Å². The van der Waals surface area contributed by atoms with Crippen LogP contribution in [0.1, 0.15) is 65.9 Å². The zero-order chi connectivity index (χ0) is 28.3. The summed E-state index contributed by atoms with van der Waals surface area (Å²) in [5.74, 6) is -2.78. The first-order chi connectivity index (χ1) is 18.1. The lowest BCUT2D eigenvalue weighted by Gasteiger charge is -2.40. The van der Waals surface area contributed by atoms with Gasteiger partial charge in [0.05, 0.1) is 13.0 Å². The van der Waals surface area contributed by atoms with Crippen LogP contribution in [0.3, 0.4) is 0 Å². The van der Waals surface area contributed by atoms with Crippen LogP contribution >= 0.6 is 0 Å². The van der Waals surface area contributed by atoms with Gasteiger partial charge in [-0.3, -0.25) is 19.2 Å². The summed E-state index contributed by atoms with van der Waals surface area (Å²) in [6.45, 7) is 6.90. The molecule has 1 unspecified atom stereocenters. The number of hydrogen-bond donors (Lipinski definition) is 2. The number of rotatable bonds is 14. The van der Waals surface area contributed by atoms with Crippen molar-refractivity contribution < 1.29 is 43.2 Å². The molecule has 208 valence electrons. The Morgan fingerprint density at radius 3 is 2.21 bits per heavy atom. The SMILES string of the molecule is C/C=C(\OC(=O)CCc1c[nH]c2ccccc12)C(C)(OC(=O)CC)[C@@H](OC(=O)CC)[C@@H](CO)OC(=O)CC. The molecule has 0 aliphatic rings. The van der Waals surface area contributed by atoms with Gasteiger partial charge in [0.15, 0.2) is 18.0 Å². The highest BCUT2D eigenvalue weighted by Crippen LogP contribution is 2.33. The quantitative estimate of drug-likeness (QED) is 0.211. The summed E-state index contributed by atoms with van der Waals surface area (Å²) in [4.78, 5) is 53.0. The number of hydrogen-bond acceptors (Lipinski definition) is 9. The molecular weight excluding hydrogens is 494 g/mol. The summed E-state index contributed by atoms with van der Waals surface area (Å²) < 4.78 is 22.2. The van der Waals surface area contributed by atoms with E-state index in [9.17, 15) is 24.3 Å². The van der Waals surface area contributed by atoms with E-state index in [4.69, 9.17) is 18.9 Å². The number of ether oxygens (including phenoxy) is 4. The van der Waals surface area contributed by atoms with Crippen LogP contribution < -0.4 is 0 Å². The third-order valence-electron chi connectivity index (χ3n) is 6.04.